The molecular weight excluding hydrogens is 329 g/mol. The van der Waals surface area contributed by atoms with Gasteiger partial charge in [-0.15, -0.1) is 0 Å². The number of fused-ring (bicyclic) bond motifs is 1. The van der Waals surface area contributed by atoms with Crippen molar-refractivity contribution in [3.05, 3.63) is 65.6 Å². The van der Waals surface area contributed by atoms with E-state index in [-0.39, 0.29) is 5.56 Å². The van der Waals surface area contributed by atoms with Gasteiger partial charge in [0.25, 0.3) is 5.91 Å². The van der Waals surface area contributed by atoms with Crippen molar-refractivity contribution in [2.75, 3.05) is 23.3 Å². The summed E-state index contributed by atoms with van der Waals surface area (Å²) in [6, 6.07) is 13.7. The number of anilines is 2. The quantitative estimate of drug-likeness (QED) is 0.755. The van der Waals surface area contributed by atoms with Crippen molar-refractivity contribution in [1.82, 2.24) is 4.98 Å². The Balaban J connectivity index is 1.67. The molecule has 4 nitrogen and oxygen atoms in total. The van der Waals surface area contributed by atoms with Crippen LogP contribution in [0.25, 0.3) is 10.9 Å². The standard InChI is InChI=1S/C21H20FN3O/c1-14-12-20(25-10-4-5-11-25)17-9-8-15(13-19(17)23-14)24-21(26)16-6-2-3-7-18(16)22/h2-3,6-9,12-13H,4-5,10-11H2,1H3,(H,24,26). The maximum Gasteiger partial charge on any atom is 0.258 e. The summed E-state index contributed by atoms with van der Waals surface area (Å²) >= 11 is 0. The number of halogens is 1. The lowest BCUT2D eigenvalue weighted by molar-refractivity contribution is 0.102. The van der Waals surface area contributed by atoms with Gasteiger partial charge in [0.15, 0.2) is 0 Å². The molecule has 1 aliphatic heterocycles. The maximum absolute atomic E-state index is 13.8. The van der Waals surface area contributed by atoms with E-state index in [4.69, 9.17) is 0 Å². The van der Waals surface area contributed by atoms with Crippen molar-refractivity contribution in [1.29, 1.82) is 0 Å². The summed E-state index contributed by atoms with van der Waals surface area (Å²) in [7, 11) is 0. The first-order valence-corrected chi connectivity index (χ1v) is 8.84. The fourth-order valence-corrected chi connectivity index (χ4v) is 3.48. The molecule has 0 radical (unpaired) electrons. The van der Waals surface area contributed by atoms with E-state index in [0.717, 1.165) is 29.7 Å². The lowest BCUT2D eigenvalue weighted by atomic mass is 10.1. The number of nitrogens with zero attached hydrogens (tertiary/aromatic N) is 2. The molecule has 0 unspecified atom stereocenters. The molecule has 1 amide bonds. The Morgan fingerprint density at radius 1 is 1.12 bits per heavy atom. The second-order valence-electron chi connectivity index (χ2n) is 6.64. The number of nitrogens with one attached hydrogen (secondary N) is 1. The minimum absolute atomic E-state index is 0.0301. The van der Waals surface area contributed by atoms with Crippen LogP contribution in [0.1, 0.15) is 28.9 Å². The smallest absolute Gasteiger partial charge is 0.258 e. The van der Waals surface area contributed by atoms with E-state index >= 15 is 0 Å². The molecule has 2 heterocycles. The first kappa shape index (κ1) is 16.5. The Hall–Kier alpha value is -2.95. The summed E-state index contributed by atoms with van der Waals surface area (Å²) in [5.74, 6) is -0.994. The molecule has 0 aliphatic carbocycles. The molecule has 4 rings (SSSR count). The van der Waals surface area contributed by atoms with Gasteiger partial charge in [-0.05, 0) is 56.2 Å². The van der Waals surface area contributed by atoms with Crippen LogP contribution in [0, 0.1) is 12.7 Å². The van der Waals surface area contributed by atoms with E-state index in [2.05, 4.69) is 21.3 Å². The third kappa shape index (κ3) is 3.12. The second kappa shape index (κ2) is 6.75. The van der Waals surface area contributed by atoms with Crippen LogP contribution in [0.2, 0.25) is 0 Å². The number of carbonyl (C=O) groups excluding carboxylic acids is 1. The van der Waals surface area contributed by atoms with Gasteiger partial charge >= 0.3 is 0 Å². The zero-order valence-electron chi connectivity index (χ0n) is 14.6. The molecule has 26 heavy (non-hydrogen) atoms. The number of amides is 1. The van der Waals surface area contributed by atoms with Crippen LogP contribution in [0.4, 0.5) is 15.8 Å². The molecule has 0 bridgehead atoms. The van der Waals surface area contributed by atoms with Crippen LogP contribution in [0.3, 0.4) is 0 Å². The highest BCUT2D eigenvalue weighted by atomic mass is 19.1. The van der Waals surface area contributed by atoms with E-state index < -0.39 is 11.7 Å². The molecule has 0 saturated carbocycles. The van der Waals surface area contributed by atoms with Crippen molar-refractivity contribution in [3.8, 4) is 0 Å². The van der Waals surface area contributed by atoms with Gasteiger partial charge < -0.3 is 10.2 Å². The molecule has 1 fully saturated rings. The van der Waals surface area contributed by atoms with Gasteiger partial charge in [-0.2, -0.15) is 0 Å². The maximum atomic E-state index is 13.8. The number of rotatable bonds is 3. The van der Waals surface area contributed by atoms with E-state index in [1.807, 2.05) is 25.1 Å². The molecule has 1 saturated heterocycles. The van der Waals surface area contributed by atoms with E-state index in [9.17, 15) is 9.18 Å². The van der Waals surface area contributed by atoms with Gasteiger partial charge in [0.1, 0.15) is 5.82 Å². The summed E-state index contributed by atoms with van der Waals surface area (Å²) < 4.78 is 13.8. The molecule has 1 aromatic heterocycles. The van der Waals surface area contributed by atoms with Gasteiger partial charge in [0.2, 0.25) is 0 Å². The van der Waals surface area contributed by atoms with Crippen molar-refractivity contribution >= 4 is 28.2 Å². The number of pyridine rings is 1. The van der Waals surface area contributed by atoms with Crippen molar-refractivity contribution in [2.24, 2.45) is 0 Å². The summed E-state index contributed by atoms with van der Waals surface area (Å²) in [5.41, 5.74) is 3.60. The number of hydrogen-bond donors (Lipinski definition) is 1. The van der Waals surface area contributed by atoms with Gasteiger partial charge in [-0.1, -0.05) is 12.1 Å². The number of hydrogen-bond acceptors (Lipinski definition) is 3. The molecule has 2 aromatic carbocycles. The fourth-order valence-electron chi connectivity index (χ4n) is 3.48. The van der Waals surface area contributed by atoms with E-state index in [0.29, 0.717) is 5.69 Å². The van der Waals surface area contributed by atoms with Crippen LogP contribution in [0.5, 0.6) is 0 Å². The summed E-state index contributed by atoms with van der Waals surface area (Å²) in [5, 5.41) is 3.84. The third-order valence-corrected chi connectivity index (χ3v) is 4.74. The summed E-state index contributed by atoms with van der Waals surface area (Å²) in [6.45, 7) is 4.10. The average molecular weight is 349 g/mol. The minimum Gasteiger partial charge on any atom is -0.371 e. The zero-order chi connectivity index (χ0) is 18.1. The van der Waals surface area contributed by atoms with E-state index in [1.54, 1.807) is 12.1 Å². The zero-order valence-corrected chi connectivity index (χ0v) is 14.6. The predicted molar refractivity (Wildman–Crippen MR) is 102 cm³/mol. The largest absolute Gasteiger partial charge is 0.371 e. The number of benzene rings is 2. The Kier molecular flexibility index (Phi) is 4.29. The van der Waals surface area contributed by atoms with Crippen molar-refractivity contribution < 1.29 is 9.18 Å². The Morgan fingerprint density at radius 2 is 1.88 bits per heavy atom. The van der Waals surface area contributed by atoms with Gasteiger partial charge in [-0.3, -0.25) is 9.78 Å². The highest BCUT2D eigenvalue weighted by molar-refractivity contribution is 6.05. The molecule has 3 aromatic rings. The summed E-state index contributed by atoms with van der Waals surface area (Å²) in [4.78, 5) is 19.3. The average Bonchev–Trinajstić information content (AvgIpc) is 3.15. The molecular formula is C21H20FN3O. The van der Waals surface area contributed by atoms with Crippen molar-refractivity contribution in [2.45, 2.75) is 19.8 Å². The molecule has 0 spiro atoms. The molecule has 0 atom stereocenters. The topological polar surface area (TPSA) is 45.2 Å². The molecule has 1 N–H and O–H groups in total. The SMILES string of the molecule is Cc1cc(N2CCCC2)c2ccc(NC(=O)c3ccccc3F)cc2n1. The van der Waals surface area contributed by atoms with Gasteiger partial charge in [0.05, 0.1) is 11.1 Å². The van der Waals surface area contributed by atoms with Gasteiger partial charge in [-0.25, -0.2) is 4.39 Å². The van der Waals surface area contributed by atoms with Crippen LogP contribution in [0.15, 0.2) is 48.5 Å². The monoisotopic (exact) mass is 349 g/mol. The highest BCUT2D eigenvalue weighted by Crippen LogP contribution is 2.31. The van der Waals surface area contributed by atoms with Crippen LogP contribution in [-0.4, -0.2) is 24.0 Å². The van der Waals surface area contributed by atoms with Gasteiger partial charge in [0, 0.05) is 35.5 Å². The number of aryl methyl sites for hydroxylation is 1. The molecule has 5 heteroatoms. The van der Waals surface area contributed by atoms with E-state index in [1.165, 1.54) is 30.7 Å². The number of aromatic nitrogens is 1. The first-order chi connectivity index (χ1) is 12.6. The Morgan fingerprint density at radius 3 is 2.65 bits per heavy atom. The highest BCUT2D eigenvalue weighted by Gasteiger charge is 2.17. The lowest BCUT2D eigenvalue weighted by Crippen LogP contribution is -2.18. The first-order valence-electron chi connectivity index (χ1n) is 8.84. The normalized spacial score (nSPS) is 14.0. The second-order valence-corrected chi connectivity index (χ2v) is 6.64. The molecule has 1 aliphatic rings. The number of carbonyl (C=O) groups is 1. The van der Waals surface area contributed by atoms with Crippen molar-refractivity contribution in [3.63, 3.8) is 0 Å². The summed E-state index contributed by atoms with van der Waals surface area (Å²) in [6.07, 6.45) is 2.42. The Labute approximate surface area is 151 Å². The predicted octanol–water partition coefficient (Wildman–Crippen LogP) is 4.53. The fraction of sp³-hybridized carbons (Fsp3) is 0.238. The van der Waals surface area contributed by atoms with Crippen LogP contribution in [-0.2, 0) is 0 Å². The lowest BCUT2D eigenvalue weighted by Gasteiger charge is -2.20. The van der Waals surface area contributed by atoms with Crippen LogP contribution < -0.4 is 10.2 Å². The third-order valence-electron chi connectivity index (χ3n) is 4.74. The Bertz CT molecular complexity index is 980. The molecule has 132 valence electrons. The minimum atomic E-state index is -0.531. The van der Waals surface area contributed by atoms with Crippen LogP contribution >= 0.6 is 0 Å².